The van der Waals surface area contributed by atoms with Crippen molar-refractivity contribution in [3.05, 3.63) is 54.0 Å². The van der Waals surface area contributed by atoms with E-state index in [9.17, 15) is 18.3 Å². The smallest absolute Gasteiger partial charge is 0.422 e. The lowest BCUT2D eigenvalue weighted by Gasteiger charge is -2.22. The van der Waals surface area contributed by atoms with Crippen LogP contribution >= 0.6 is 0 Å². The number of ether oxygens (including phenoxy) is 1. The number of benzene rings is 1. The zero-order valence-corrected chi connectivity index (χ0v) is 15.7. The van der Waals surface area contributed by atoms with Gasteiger partial charge >= 0.3 is 6.18 Å². The fourth-order valence-electron chi connectivity index (χ4n) is 2.30. The highest BCUT2D eigenvalue weighted by Gasteiger charge is 2.28. The van der Waals surface area contributed by atoms with Crippen LogP contribution in [-0.2, 0) is 12.1 Å². The van der Waals surface area contributed by atoms with Crippen molar-refractivity contribution in [3.8, 4) is 5.75 Å². The Hall–Kier alpha value is -2.68. The molecule has 6 nitrogen and oxygen atoms in total. The van der Waals surface area contributed by atoms with Crippen molar-refractivity contribution < 1.29 is 27.4 Å². The number of rotatable bonds is 8. The Morgan fingerprint density at radius 1 is 1.18 bits per heavy atom. The highest BCUT2D eigenvalue weighted by molar-refractivity contribution is 5.79. The Morgan fingerprint density at radius 3 is 2.46 bits per heavy atom. The van der Waals surface area contributed by atoms with Gasteiger partial charge in [0.1, 0.15) is 17.1 Å². The van der Waals surface area contributed by atoms with Crippen LogP contribution < -0.4 is 15.4 Å². The predicted molar refractivity (Wildman–Crippen MR) is 99.1 cm³/mol. The van der Waals surface area contributed by atoms with Gasteiger partial charge in [0.25, 0.3) is 0 Å². The second-order valence-electron chi connectivity index (χ2n) is 6.35. The summed E-state index contributed by atoms with van der Waals surface area (Å²) in [6, 6.07) is 9.63. The minimum Gasteiger partial charge on any atom is -0.484 e. The van der Waals surface area contributed by atoms with Crippen molar-refractivity contribution in [1.29, 1.82) is 0 Å². The zero-order chi connectivity index (χ0) is 20.6. The first-order valence-electron chi connectivity index (χ1n) is 8.76. The number of hydrogen-bond acceptors (Lipinski definition) is 4. The monoisotopic (exact) mass is 399 g/mol. The van der Waals surface area contributed by atoms with Crippen LogP contribution in [0.4, 0.5) is 13.2 Å². The summed E-state index contributed by atoms with van der Waals surface area (Å²) in [5.74, 6) is 1.07. The first kappa shape index (κ1) is 21.6. The van der Waals surface area contributed by atoms with Crippen LogP contribution in [0.1, 0.15) is 25.2 Å². The third kappa shape index (κ3) is 7.15. The molecule has 0 fully saturated rings. The molecule has 1 unspecified atom stereocenters. The molecule has 9 heteroatoms. The van der Waals surface area contributed by atoms with E-state index >= 15 is 0 Å². The maximum Gasteiger partial charge on any atom is 0.422 e. The summed E-state index contributed by atoms with van der Waals surface area (Å²) in [7, 11) is 0. The fraction of sp³-hybridized carbons (Fsp3) is 0.421. The minimum absolute atomic E-state index is 0.143. The van der Waals surface area contributed by atoms with E-state index in [1.54, 1.807) is 31.2 Å². The summed E-state index contributed by atoms with van der Waals surface area (Å²) < 4.78 is 46.4. The van der Waals surface area contributed by atoms with Crippen LogP contribution in [0, 0.1) is 0 Å². The first-order valence-corrected chi connectivity index (χ1v) is 8.76. The van der Waals surface area contributed by atoms with Gasteiger partial charge in [0.15, 0.2) is 12.6 Å². The summed E-state index contributed by atoms with van der Waals surface area (Å²) >= 11 is 0. The van der Waals surface area contributed by atoms with Gasteiger partial charge in [-0.2, -0.15) is 13.2 Å². The van der Waals surface area contributed by atoms with E-state index in [4.69, 9.17) is 4.42 Å². The number of aliphatic imine (C=N–C) groups is 1. The average molecular weight is 399 g/mol. The van der Waals surface area contributed by atoms with Crippen molar-refractivity contribution in [2.45, 2.75) is 32.2 Å². The van der Waals surface area contributed by atoms with E-state index in [0.29, 0.717) is 24.8 Å². The van der Waals surface area contributed by atoms with E-state index in [1.807, 2.05) is 6.92 Å². The Kier molecular flexibility index (Phi) is 7.33. The number of aliphatic hydroxyl groups is 1. The standard InChI is InChI=1S/C19H24F3N3O3/c1-3-23-17(25-12-18(2,26)16-5-4-10-27-16)24-11-14-6-8-15(9-7-14)28-13-19(20,21)22/h4-10,26H,3,11-13H2,1-2H3,(H2,23,24,25). The summed E-state index contributed by atoms with van der Waals surface area (Å²) in [5, 5.41) is 16.6. The Labute approximate surface area is 161 Å². The summed E-state index contributed by atoms with van der Waals surface area (Å²) in [5.41, 5.74) is -0.411. The van der Waals surface area contributed by atoms with E-state index < -0.39 is 18.4 Å². The van der Waals surface area contributed by atoms with Gasteiger partial charge in [-0.15, -0.1) is 0 Å². The molecule has 0 saturated carbocycles. The van der Waals surface area contributed by atoms with E-state index in [0.717, 1.165) is 5.56 Å². The topological polar surface area (TPSA) is 79.0 Å². The molecule has 0 amide bonds. The molecule has 2 aromatic rings. The molecular formula is C19H24F3N3O3. The highest BCUT2D eigenvalue weighted by Crippen LogP contribution is 2.20. The Morgan fingerprint density at radius 2 is 1.89 bits per heavy atom. The van der Waals surface area contributed by atoms with Crippen molar-refractivity contribution in [2.75, 3.05) is 19.7 Å². The molecule has 1 atom stereocenters. The van der Waals surface area contributed by atoms with E-state index in [1.165, 1.54) is 18.4 Å². The quantitative estimate of drug-likeness (QED) is 0.469. The van der Waals surface area contributed by atoms with Crippen LogP contribution in [0.3, 0.4) is 0 Å². The van der Waals surface area contributed by atoms with Gasteiger partial charge in [0, 0.05) is 6.54 Å². The van der Waals surface area contributed by atoms with Crippen LogP contribution in [0.2, 0.25) is 0 Å². The average Bonchev–Trinajstić information content (AvgIpc) is 3.18. The number of halogens is 3. The van der Waals surface area contributed by atoms with Gasteiger partial charge < -0.3 is 24.9 Å². The molecule has 0 bridgehead atoms. The van der Waals surface area contributed by atoms with Crippen LogP contribution in [0.5, 0.6) is 5.75 Å². The molecule has 28 heavy (non-hydrogen) atoms. The number of alkyl halides is 3. The van der Waals surface area contributed by atoms with Gasteiger partial charge in [0.2, 0.25) is 0 Å². The van der Waals surface area contributed by atoms with Gasteiger partial charge in [-0.25, -0.2) is 4.99 Å². The minimum atomic E-state index is -4.37. The molecule has 0 saturated heterocycles. The maximum absolute atomic E-state index is 12.2. The SMILES string of the molecule is CCNC(=NCc1ccc(OCC(F)(F)F)cc1)NCC(C)(O)c1ccco1. The number of guanidine groups is 1. The highest BCUT2D eigenvalue weighted by atomic mass is 19.4. The lowest BCUT2D eigenvalue weighted by atomic mass is 10.0. The zero-order valence-electron chi connectivity index (χ0n) is 15.7. The Bertz CT molecular complexity index is 742. The molecule has 0 aliphatic rings. The lowest BCUT2D eigenvalue weighted by molar-refractivity contribution is -0.153. The van der Waals surface area contributed by atoms with E-state index in [-0.39, 0.29) is 12.3 Å². The molecule has 0 spiro atoms. The molecule has 1 heterocycles. The molecule has 3 N–H and O–H groups in total. The summed E-state index contributed by atoms with van der Waals surface area (Å²) in [6.07, 6.45) is -2.88. The van der Waals surface area contributed by atoms with Crippen molar-refractivity contribution in [1.82, 2.24) is 10.6 Å². The second-order valence-corrected chi connectivity index (χ2v) is 6.35. The van der Waals surface area contributed by atoms with Crippen LogP contribution in [-0.4, -0.2) is 36.9 Å². The summed E-state index contributed by atoms with van der Waals surface area (Å²) in [4.78, 5) is 4.41. The molecule has 1 aromatic heterocycles. The summed E-state index contributed by atoms with van der Waals surface area (Å²) in [6.45, 7) is 3.32. The van der Waals surface area contributed by atoms with Gasteiger partial charge in [-0.1, -0.05) is 12.1 Å². The third-order valence-corrected chi connectivity index (χ3v) is 3.74. The van der Waals surface area contributed by atoms with Crippen molar-refractivity contribution >= 4 is 5.96 Å². The van der Waals surface area contributed by atoms with Crippen molar-refractivity contribution in [3.63, 3.8) is 0 Å². The molecule has 154 valence electrons. The van der Waals surface area contributed by atoms with Crippen LogP contribution in [0.25, 0.3) is 0 Å². The molecule has 2 rings (SSSR count). The molecule has 1 aromatic carbocycles. The largest absolute Gasteiger partial charge is 0.484 e. The first-order chi connectivity index (χ1) is 13.2. The fourth-order valence-corrected chi connectivity index (χ4v) is 2.30. The van der Waals surface area contributed by atoms with E-state index in [2.05, 4.69) is 20.4 Å². The third-order valence-electron chi connectivity index (χ3n) is 3.74. The second kappa shape index (κ2) is 9.50. The van der Waals surface area contributed by atoms with Crippen molar-refractivity contribution in [2.24, 2.45) is 4.99 Å². The van der Waals surface area contributed by atoms with Gasteiger partial charge in [0.05, 0.1) is 19.4 Å². The van der Waals surface area contributed by atoms with Gasteiger partial charge in [-0.05, 0) is 43.7 Å². The Balaban J connectivity index is 1.93. The van der Waals surface area contributed by atoms with Gasteiger partial charge in [-0.3, -0.25) is 0 Å². The maximum atomic E-state index is 12.2. The lowest BCUT2D eigenvalue weighted by Crippen LogP contribution is -2.44. The molecular weight excluding hydrogens is 375 g/mol. The number of furan rings is 1. The predicted octanol–water partition coefficient (Wildman–Crippen LogP) is 3.18. The molecule has 0 radical (unpaired) electrons. The normalized spacial score (nSPS) is 14.4. The molecule has 0 aliphatic heterocycles. The number of hydrogen-bond donors (Lipinski definition) is 3. The van der Waals surface area contributed by atoms with Crippen LogP contribution in [0.15, 0.2) is 52.1 Å². The molecule has 0 aliphatic carbocycles. The number of nitrogens with one attached hydrogen (secondary N) is 2. The number of nitrogens with zero attached hydrogens (tertiary/aromatic N) is 1.